The fourth-order valence-corrected chi connectivity index (χ4v) is 3.29. The number of hydrogen-bond donors (Lipinski definition) is 0. The highest BCUT2D eigenvalue weighted by Gasteiger charge is 2.08. The van der Waals surface area contributed by atoms with Crippen LogP contribution in [0.2, 0.25) is 0 Å². The lowest BCUT2D eigenvalue weighted by atomic mass is 9.99. The van der Waals surface area contributed by atoms with Crippen molar-refractivity contribution in [2.24, 2.45) is 0 Å². The van der Waals surface area contributed by atoms with Gasteiger partial charge in [-0.25, -0.2) is 4.98 Å². The highest BCUT2D eigenvalue weighted by Crippen LogP contribution is 2.24. The molecule has 0 bridgehead atoms. The Kier molecular flexibility index (Phi) is 4.80. The Labute approximate surface area is 159 Å². The maximum atomic E-state index is 8.95. The summed E-state index contributed by atoms with van der Waals surface area (Å²) in [6.45, 7) is 0.774. The van der Waals surface area contributed by atoms with E-state index >= 15 is 0 Å². The standard InChI is InChI=1S/C24H19N3/c25-15-20-12-10-19(11-13-20)14-23-16-26-18-27(23)17-22-8-4-5-9-24(22)21-6-2-1-3-7-21/h1-13,16,18H,14,17H2. The van der Waals surface area contributed by atoms with Gasteiger partial charge in [0.15, 0.2) is 0 Å². The van der Waals surface area contributed by atoms with Crippen LogP contribution in [0.4, 0.5) is 0 Å². The summed E-state index contributed by atoms with van der Waals surface area (Å²) in [6.07, 6.45) is 4.60. The van der Waals surface area contributed by atoms with E-state index in [1.165, 1.54) is 22.3 Å². The van der Waals surface area contributed by atoms with E-state index in [0.29, 0.717) is 5.56 Å². The van der Waals surface area contributed by atoms with Crippen LogP contribution in [0.3, 0.4) is 0 Å². The molecule has 0 radical (unpaired) electrons. The molecule has 0 N–H and O–H groups in total. The maximum Gasteiger partial charge on any atom is 0.0991 e. The van der Waals surface area contributed by atoms with Gasteiger partial charge in [-0.1, -0.05) is 66.7 Å². The first-order valence-electron chi connectivity index (χ1n) is 8.95. The van der Waals surface area contributed by atoms with Crippen LogP contribution in [-0.2, 0) is 13.0 Å². The molecule has 0 saturated heterocycles. The molecule has 0 spiro atoms. The molecule has 1 aromatic heterocycles. The maximum absolute atomic E-state index is 8.95. The zero-order valence-electron chi connectivity index (χ0n) is 14.9. The normalized spacial score (nSPS) is 10.5. The molecule has 0 unspecified atom stereocenters. The van der Waals surface area contributed by atoms with Gasteiger partial charge >= 0.3 is 0 Å². The van der Waals surface area contributed by atoms with E-state index in [1.54, 1.807) is 0 Å². The molecular weight excluding hydrogens is 330 g/mol. The third-order valence-corrected chi connectivity index (χ3v) is 4.71. The van der Waals surface area contributed by atoms with Crippen molar-refractivity contribution in [3.8, 4) is 17.2 Å². The molecule has 1 heterocycles. The van der Waals surface area contributed by atoms with E-state index in [2.05, 4.69) is 64.2 Å². The molecule has 27 heavy (non-hydrogen) atoms. The number of hydrogen-bond acceptors (Lipinski definition) is 2. The molecule has 0 fully saturated rings. The van der Waals surface area contributed by atoms with Gasteiger partial charge in [-0.15, -0.1) is 0 Å². The molecule has 0 atom stereocenters. The summed E-state index contributed by atoms with van der Waals surface area (Å²) in [5.41, 5.74) is 6.75. The van der Waals surface area contributed by atoms with E-state index in [9.17, 15) is 0 Å². The molecular formula is C24H19N3. The van der Waals surface area contributed by atoms with Gasteiger partial charge in [0.05, 0.1) is 18.0 Å². The van der Waals surface area contributed by atoms with Gasteiger partial charge in [0.2, 0.25) is 0 Å². The Morgan fingerprint density at radius 3 is 2.37 bits per heavy atom. The average molecular weight is 349 g/mol. The molecule has 3 heteroatoms. The third-order valence-electron chi connectivity index (χ3n) is 4.71. The fourth-order valence-electron chi connectivity index (χ4n) is 3.29. The van der Waals surface area contributed by atoms with Gasteiger partial charge in [-0.2, -0.15) is 5.26 Å². The number of benzene rings is 3. The number of aromatic nitrogens is 2. The SMILES string of the molecule is N#Cc1ccc(Cc2cncn2Cc2ccccc2-c2ccccc2)cc1. The Hall–Kier alpha value is -3.64. The van der Waals surface area contributed by atoms with E-state index in [1.807, 2.05) is 42.9 Å². The van der Waals surface area contributed by atoms with Crippen molar-refractivity contribution in [1.29, 1.82) is 5.26 Å². The second kappa shape index (κ2) is 7.72. The minimum absolute atomic E-state index is 0.684. The van der Waals surface area contributed by atoms with Gasteiger partial charge < -0.3 is 4.57 Å². The topological polar surface area (TPSA) is 41.6 Å². The zero-order chi connectivity index (χ0) is 18.5. The molecule has 0 aliphatic rings. The van der Waals surface area contributed by atoms with Crippen molar-refractivity contribution < 1.29 is 0 Å². The number of nitriles is 1. The van der Waals surface area contributed by atoms with Crippen molar-refractivity contribution in [2.45, 2.75) is 13.0 Å². The average Bonchev–Trinajstić information content (AvgIpc) is 3.16. The molecule has 130 valence electrons. The highest BCUT2D eigenvalue weighted by atomic mass is 15.0. The molecule has 0 aliphatic heterocycles. The van der Waals surface area contributed by atoms with Crippen LogP contribution < -0.4 is 0 Å². The van der Waals surface area contributed by atoms with Crippen molar-refractivity contribution in [2.75, 3.05) is 0 Å². The first kappa shape index (κ1) is 16.8. The minimum atomic E-state index is 0.684. The first-order valence-corrected chi connectivity index (χ1v) is 8.95. The third kappa shape index (κ3) is 3.80. The van der Waals surface area contributed by atoms with Crippen LogP contribution in [-0.4, -0.2) is 9.55 Å². The monoisotopic (exact) mass is 349 g/mol. The van der Waals surface area contributed by atoms with Gasteiger partial charge in [0.25, 0.3) is 0 Å². The highest BCUT2D eigenvalue weighted by molar-refractivity contribution is 5.67. The summed E-state index contributed by atoms with van der Waals surface area (Å²) in [4.78, 5) is 4.36. The van der Waals surface area contributed by atoms with Gasteiger partial charge in [0, 0.05) is 24.9 Å². The molecule has 4 aromatic rings. The van der Waals surface area contributed by atoms with Crippen molar-refractivity contribution >= 4 is 0 Å². The van der Waals surface area contributed by atoms with Gasteiger partial charge in [-0.05, 0) is 34.4 Å². The Balaban J connectivity index is 1.60. The quantitative estimate of drug-likeness (QED) is 0.505. The smallest absolute Gasteiger partial charge is 0.0991 e. The predicted octanol–water partition coefficient (Wildman–Crippen LogP) is 5.06. The molecule has 3 nitrogen and oxygen atoms in total. The molecule has 3 aromatic carbocycles. The Morgan fingerprint density at radius 2 is 1.59 bits per heavy atom. The van der Waals surface area contributed by atoms with Crippen LogP contribution >= 0.6 is 0 Å². The molecule has 0 saturated carbocycles. The number of rotatable bonds is 5. The molecule has 0 amide bonds. The predicted molar refractivity (Wildman–Crippen MR) is 107 cm³/mol. The van der Waals surface area contributed by atoms with Crippen LogP contribution in [0.5, 0.6) is 0 Å². The van der Waals surface area contributed by atoms with Crippen LogP contribution in [0.25, 0.3) is 11.1 Å². The summed E-state index contributed by atoms with van der Waals surface area (Å²) in [7, 11) is 0. The summed E-state index contributed by atoms with van der Waals surface area (Å²) in [6, 6.07) is 28.9. The van der Waals surface area contributed by atoms with E-state index in [0.717, 1.165) is 18.7 Å². The van der Waals surface area contributed by atoms with Crippen molar-refractivity contribution in [3.05, 3.63) is 114 Å². The van der Waals surface area contributed by atoms with Crippen LogP contribution in [0.15, 0.2) is 91.4 Å². The first-order chi connectivity index (χ1) is 13.3. The lowest BCUT2D eigenvalue weighted by Crippen LogP contribution is -2.05. The van der Waals surface area contributed by atoms with Gasteiger partial charge in [0.1, 0.15) is 0 Å². The Bertz CT molecular complexity index is 1070. The summed E-state index contributed by atoms with van der Waals surface area (Å²) in [5, 5.41) is 8.95. The van der Waals surface area contributed by atoms with Gasteiger partial charge in [-0.3, -0.25) is 0 Å². The zero-order valence-corrected chi connectivity index (χ0v) is 14.9. The van der Waals surface area contributed by atoms with Crippen molar-refractivity contribution in [1.82, 2.24) is 9.55 Å². The second-order valence-electron chi connectivity index (χ2n) is 6.52. The number of nitrogens with zero attached hydrogens (tertiary/aromatic N) is 3. The second-order valence-corrected chi connectivity index (χ2v) is 6.52. The number of imidazole rings is 1. The Morgan fingerprint density at radius 1 is 0.852 bits per heavy atom. The lowest BCUT2D eigenvalue weighted by Gasteiger charge is -2.13. The van der Waals surface area contributed by atoms with E-state index < -0.39 is 0 Å². The largest absolute Gasteiger partial charge is 0.330 e. The summed E-state index contributed by atoms with van der Waals surface area (Å²) >= 11 is 0. The fraction of sp³-hybridized carbons (Fsp3) is 0.0833. The summed E-state index contributed by atoms with van der Waals surface area (Å²) in [5.74, 6) is 0. The minimum Gasteiger partial charge on any atom is -0.330 e. The van der Waals surface area contributed by atoms with Crippen LogP contribution in [0, 0.1) is 11.3 Å². The van der Waals surface area contributed by atoms with Crippen LogP contribution in [0.1, 0.15) is 22.4 Å². The van der Waals surface area contributed by atoms with E-state index in [4.69, 9.17) is 5.26 Å². The molecule has 4 rings (SSSR count). The van der Waals surface area contributed by atoms with E-state index in [-0.39, 0.29) is 0 Å². The molecule has 0 aliphatic carbocycles. The summed E-state index contributed by atoms with van der Waals surface area (Å²) < 4.78 is 2.19. The lowest BCUT2D eigenvalue weighted by molar-refractivity contribution is 0.754. The van der Waals surface area contributed by atoms with Crippen molar-refractivity contribution in [3.63, 3.8) is 0 Å².